The molecule has 7 nitrogen and oxygen atoms in total. The van der Waals surface area contributed by atoms with Crippen molar-refractivity contribution in [1.82, 2.24) is 14.3 Å². The summed E-state index contributed by atoms with van der Waals surface area (Å²) in [7, 11) is 0. The van der Waals surface area contributed by atoms with E-state index in [9.17, 15) is 14.0 Å². The molecule has 0 saturated heterocycles. The van der Waals surface area contributed by atoms with Gasteiger partial charge < -0.3 is 23.8 Å². The van der Waals surface area contributed by atoms with E-state index in [-0.39, 0.29) is 31.2 Å². The first-order chi connectivity index (χ1) is 14.6. The van der Waals surface area contributed by atoms with Crippen molar-refractivity contribution >= 4 is 22.5 Å². The monoisotopic (exact) mass is 407 g/mol. The molecule has 5 rings (SSSR count). The second-order valence-corrected chi connectivity index (χ2v) is 7.07. The van der Waals surface area contributed by atoms with Crippen LogP contribution in [0.25, 0.3) is 16.6 Å². The Labute approximate surface area is 170 Å². The van der Waals surface area contributed by atoms with E-state index in [1.54, 1.807) is 34.9 Å². The zero-order valence-electron chi connectivity index (χ0n) is 15.9. The molecule has 2 aromatic heterocycles. The van der Waals surface area contributed by atoms with Gasteiger partial charge in [-0.15, -0.1) is 0 Å². The number of benzene rings is 2. The van der Waals surface area contributed by atoms with Crippen molar-refractivity contribution in [3.63, 3.8) is 0 Å². The molecular weight excluding hydrogens is 389 g/mol. The van der Waals surface area contributed by atoms with Crippen LogP contribution in [0.2, 0.25) is 0 Å². The number of hydrogen-bond acceptors (Lipinski definition) is 4. The van der Waals surface area contributed by atoms with E-state index in [0.29, 0.717) is 34.6 Å². The largest absolute Gasteiger partial charge is 0.454 e. The lowest BCUT2D eigenvalue weighted by Crippen LogP contribution is -2.28. The molecule has 3 heterocycles. The number of carbonyl (C=O) groups is 1. The third-order valence-corrected chi connectivity index (χ3v) is 5.19. The first-order valence-electron chi connectivity index (χ1n) is 9.54. The average Bonchev–Trinajstić information content (AvgIpc) is 3.41. The summed E-state index contributed by atoms with van der Waals surface area (Å²) >= 11 is 0. The third-order valence-electron chi connectivity index (χ3n) is 5.19. The normalized spacial score (nSPS) is 12.6. The number of nitrogens with one attached hydrogen (secondary N) is 1. The van der Waals surface area contributed by atoms with Crippen molar-refractivity contribution in [2.24, 2.45) is 0 Å². The number of aromatic nitrogens is 2. The SMILES string of the molecule is O=C(CCn1c(=O)c2cccn2c2ccc(F)cc21)NCc1ccc2c(c1)OCO2. The molecule has 1 aliphatic rings. The van der Waals surface area contributed by atoms with Crippen LogP contribution in [0.15, 0.2) is 59.5 Å². The Morgan fingerprint density at radius 1 is 1.03 bits per heavy atom. The fourth-order valence-corrected chi connectivity index (χ4v) is 3.70. The van der Waals surface area contributed by atoms with E-state index in [2.05, 4.69) is 5.32 Å². The fourth-order valence-electron chi connectivity index (χ4n) is 3.70. The van der Waals surface area contributed by atoms with Gasteiger partial charge in [-0.2, -0.15) is 0 Å². The lowest BCUT2D eigenvalue weighted by Gasteiger charge is -2.13. The van der Waals surface area contributed by atoms with E-state index in [1.807, 2.05) is 12.1 Å². The van der Waals surface area contributed by atoms with Crippen molar-refractivity contribution in [1.29, 1.82) is 0 Å². The molecule has 30 heavy (non-hydrogen) atoms. The Hall–Kier alpha value is -3.81. The Morgan fingerprint density at radius 3 is 2.80 bits per heavy atom. The van der Waals surface area contributed by atoms with Crippen LogP contribution in [-0.4, -0.2) is 21.7 Å². The molecule has 2 aromatic carbocycles. The molecule has 0 unspecified atom stereocenters. The van der Waals surface area contributed by atoms with E-state index in [1.165, 1.54) is 16.7 Å². The number of rotatable bonds is 5. The minimum absolute atomic E-state index is 0.0902. The highest BCUT2D eigenvalue weighted by atomic mass is 19.1. The van der Waals surface area contributed by atoms with E-state index in [0.717, 1.165) is 5.56 Å². The molecule has 0 bridgehead atoms. The molecule has 0 radical (unpaired) electrons. The molecule has 8 heteroatoms. The number of halogens is 1. The van der Waals surface area contributed by atoms with Gasteiger partial charge in [0.1, 0.15) is 11.3 Å². The minimum Gasteiger partial charge on any atom is -0.454 e. The molecule has 0 aliphatic carbocycles. The third kappa shape index (κ3) is 3.16. The number of carbonyl (C=O) groups excluding carboxylic acids is 1. The van der Waals surface area contributed by atoms with Crippen molar-refractivity contribution in [3.8, 4) is 11.5 Å². The van der Waals surface area contributed by atoms with Crippen molar-refractivity contribution in [2.45, 2.75) is 19.5 Å². The lowest BCUT2D eigenvalue weighted by molar-refractivity contribution is -0.121. The Balaban J connectivity index is 1.34. The maximum atomic E-state index is 13.9. The van der Waals surface area contributed by atoms with Gasteiger partial charge in [-0.05, 0) is 48.0 Å². The molecule has 1 amide bonds. The summed E-state index contributed by atoms with van der Waals surface area (Å²) in [6.07, 6.45) is 1.85. The number of fused-ring (bicyclic) bond motifs is 4. The molecule has 0 fully saturated rings. The molecular formula is C22H18FN3O4. The number of hydrogen-bond donors (Lipinski definition) is 1. The Bertz CT molecular complexity index is 1340. The van der Waals surface area contributed by atoms with Crippen LogP contribution in [0.4, 0.5) is 4.39 Å². The summed E-state index contributed by atoms with van der Waals surface area (Å²) in [5.41, 5.74) is 2.26. The first kappa shape index (κ1) is 18.2. The number of nitrogens with zero attached hydrogens (tertiary/aromatic N) is 2. The molecule has 1 aliphatic heterocycles. The Kier molecular flexibility index (Phi) is 4.39. The summed E-state index contributed by atoms with van der Waals surface area (Å²) in [5.74, 6) is 0.695. The van der Waals surface area contributed by atoms with Gasteiger partial charge in [0.15, 0.2) is 11.5 Å². The van der Waals surface area contributed by atoms with Gasteiger partial charge in [-0.25, -0.2) is 4.39 Å². The van der Waals surface area contributed by atoms with E-state index >= 15 is 0 Å². The van der Waals surface area contributed by atoms with Gasteiger partial charge in [-0.3, -0.25) is 9.59 Å². The molecule has 0 atom stereocenters. The van der Waals surface area contributed by atoms with E-state index < -0.39 is 5.82 Å². The predicted molar refractivity (Wildman–Crippen MR) is 108 cm³/mol. The summed E-state index contributed by atoms with van der Waals surface area (Å²) in [4.78, 5) is 25.3. The highest BCUT2D eigenvalue weighted by Crippen LogP contribution is 2.32. The van der Waals surface area contributed by atoms with Gasteiger partial charge in [-0.1, -0.05) is 6.07 Å². The highest BCUT2D eigenvalue weighted by molar-refractivity contribution is 5.80. The average molecular weight is 407 g/mol. The summed E-state index contributed by atoms with van der Waals surface area (Å²) in [5, 5.41) is 2.84. The van der Waals surface area contributed by atoms with Crippen LogP contribution in [0.3, 0.4) is 0 Å². The molecule has 4 aromatic rings. The van der Waals surface area contributed by atoms with Crippen LogP contribution in [-0.2, 0) is 17.9 Å². The quantitative estimate of drug-likeness (QED) is 0.552. The van der Waals surface area contributed by atoms with Gasteiger partial charge in [0.25, 0.3) is 5.56 Å². The first-order valence-corrected chi connectivity index (χ1v) is 9.54. The molecule has 1 N–H and O–H groups in total. The second kappa shape index (κ2) is 7.22. The summed E-state index contributed by atoms with van der Waals surface area (Å²) in [6, 6.07) is 13.3. The van der Waals surface area contributed by atoms with Crippen LogP contribution >= 0.6 is 0 Å². The standard InChI is InChI=1S/C22H18FN3O4/c23-15-4-5-16-18(11-15)26(22(28)17-2-1-8-25(16)17)9-7-21(27)24-12-14-3-6-19-20(10-14)30-13-29-19/h1-6,8,10-11H,7,9,12-13H2,(H,24,27). The summed E-state index contributed by atoms with van der Waals surface area (Å²) in [6.45, 7) is 0.672. The van der Waals surface area contributed by atoms with Crippen LogP contribution in [0, 0.1) is 5.82 Å². The Morgan fingerprint density at radius 2 is 1.90 bits per heavy atom. The maximum Gasteiger partial charge on any atom is 0.275 e. The zero-order chi connectivity index (χ0) is 20.7. The van der Waals surface area contributed by atoms with Gasteiger partial charge in [0.2, 0.25) is 12.7 Å². The topological polar surface area (TPSA) is 74.0 Å². The predicted octanol–water partition coefficient (Wildman–Crippen LogP) is 2.83. The maximum absolute atomic E-state index is 13.9. The number of amides is 1. The smallest absolute Gasteiger partial charge is 0.275 e. The summed E-state index contributed by atoms with van der Waals surface area (Å²) < 4.78 is 27.6. The second-order valence-electron chi connectivity index (χ2n) is 7.07. The van der Waals surface area contributed by atoms with E-state index in [4.69, 9.17) is 9.47 Å². The van der Waals surface area contributed by atoms with Crippen LogP contribution in [0.1, 0.15) is 12.0 Å². The zero-order valence-corrected chi connectivity index (χ0v) is 15.9. The number of aryl methyl sites for hydroxylation is 1. The number of ether oxygens (including phenoxy) is 2. The minimum atomic E-state index is -0.436. The van der Waals surface area contributed by atoms with Gasteiger partial charge in [0, 0.05) is 25.7 Å². The highest BCUT2D eigenvalue weighted by Gasteiger charge is 2.15. The molecule has 0 spiro atoms. The molecule has 152 valence electrons. The fraction of sp³-hybridized carbons (Fsp3) is 0.182. The van der Waals surface area contributed by atoms with Crippen molar-refractivity contribution in [3.05, 3.63) is 76.5 Å². The van der Waals surface area contributed by atoms with Gasteiger partial charge >= 0.3 is 0 Å². The van der Waals surface area contributed by atoms with Crippen molar-refractivity contribution in [2.75, 3.05) is 6.79 Å². The lowest BCUT2D eigenvalue weighted by atomic mass is 10.2. The van der Waals surface area contributed by atoms with Crippen LogP contribution < -0.4 is 20.3 Å². The van der Waals surface area contributed by atoms with Crippen molar-refractivity contribution < 1.29 is 18.7 Å². The van der Waals surface area contributed by atoms with Gasteiger partial charge in [0.05, 0.1) is 11.0 Å². The van der Waals surface area contributed by atoms with Crippen LogP contribution in [0.5, 0.6) is 11.5 Å². The molecule has 0 saturated carbocycles.